The Morgan fingerprint density at radius 1 is 1.21 bits per heavy atom. The van der Waals surface area contributed by atoms with Crippen LogP contribution in [-0.2, 0) is 26.0 Å². The molecule has 1 fully saturated rings. The fourth-order valence-electron chi connectivity index (χ4n) is 2.91. The highest BCUT2D eigenvalue weighted by molar-refractivity contribution is 9.10. The van der Waals surface area contributed by atoms with E-state index >= 15 is 0 Å². The van der Waals surface area contributed by atoms with Gasteiger partial charge in [0.2, 0.25) is 15.9 Å². The van der Waals surface area contributed by atoms with Crippen LogP contribution in [0, 0.1) is 0 Å². The Morgan fingerprint density at radius 2 is 1.96 bits per heavy atom. The minimum atomic E-state index is -3.67. The molecular weight excluding hydrogens is 448 g/mol. The molecule has 3 rings (SSSR count). The number of hydrogen-bond acceptors (Lipinski definition) is 5. The first-order valence-corrected chi connectivity index (χ1v) is 10.9. The molecule has 1 N–H and O–H groups in total. The minimum Gasteiger partial charge on any atom is -0.495 e. The standard InChI is InChI=1S/C19H21BrN2O5S/c1-26-18-6-5-16(28(24,25)22-7-9-27-10-8-22)13-17(18)21-19(23)12-14-3-2-4-15(20)11-14/h2-6,11,13H,7-10,12H2,1H3,(H,21,23). The molecule has 0 radical (unpaired) electrons. The summed E-state index contributed by atoms with van der Waals surface area (Å²) in [7, 11) is -2.20. The summed E-state index contributed by atoms with van der Waals surface area (Å²) in [5.74, 6) is 0.126. The van der Waals surface area contributed by atoms with Crippen molar-refractivity contribution < 1.29 is 22.7 Å². The fourth-order valence-corrected chi connectivity index (χ4v) is 4.79. The number of anilines is 1. The SMILES string of the molecule is COc1ccc(S(=O)(=O)N2CCOCC2)cc1NC(=O)Cc1cccc(Br)c1. The molecule has 0 aliphatic carbocycles. The molecule has 28 heavy (non-hydrogen) atoms. The molecule has 0 bridgehead atoms. The average molecular weight is 469 g/mol. The van der Waals surface area contributed by atoms with Gasteiger partial charge in [-0.3, -0.25) is 4.79 Å². The molecule has 150 valence electrons. The van der Waals surface area contributed by atoms with E-state index in [0.717, 1.165) is 10.0 Å². The molecule has 2 aromatic rings. The highest BCUT2D eigenvalue weighted by atomic mass is 79.9. The summed E-state index contributed by atoms with van der Waals surface area (Å²) < 4.78 is 38.5. The highest BCUT2D eigenvalue weighted by Gasteiger charge is 2.27. The van der Waals surface area contributed by atoms with E-state index in [4.69, 9.17) is 9.47 Å². The van der Waals surface area contributed by atoms with Crippen LogP contribution in [0.5, 0.6) is 5.75 Å². The Morgan fingerprint density at radius 3 is 2.64 bits per heavy atom. The minimum absolute atomic E-state index is 0.105. The second-order valence-corrected chi connectivity index (χ2v) is 9.09. The van der Waals surface area contributed by atoms with Crippen molar-refractivity contribution in [1.29, 1.82) is 0 Å². The van der Waals surface area contributed by atoms with Crippen molar-refractivity contribution in [1.82, 2.24) is 4.31 Å². The average Bonchev–Trinajstić information content (AvgIpc) is 2.68. The predicted molar refractivity (Wildman–Crippen MR) is 109 cm³/mol. The van der Waals surface area contributed by atoms with Crippen LogP contribution in [0.4, 0.5) is 5.69 Å². The Balaban J connectivity index is 1.81. The van der Waals surface area contributed by atoms with Crippen molar-refractivity contribution in [3.63, 3.8) is 0 Å². The first kappa shape index (κ1) is 20.8. The summed E-state index contributed by atoms with van der Waals surface area (Å²) in [6.45, 7) is 1.34. The van der Waals surface area contributed by atoms with Gasteiger partial charge < -0.3 is 14.8 Å². The molecule has 1 heterocycles. The number of amides is 1. The van der Waals surface area contributed by atoms with Crippen LogP contribution in [0.3, 0.4) is 0 Å². The first-order valence-electron chi connectivity index (χ1n) is 8.70. The molecule has 2 aromatic carbocycles. The molecule has 0 unspecified atom stereocenters. The van der Waals surface area contributed by atoms with Gasteiger partial charge in [0.05, 0.1) is 37.3 Å². The number of rotatable bonds is 6. The summed E-state index contributed by atoms with van der Waals surface area (Å²) in [5, 5.41) is 2.76. The normalized spacial score (nSPS) is 15.2. The van der Waals surface area contributed by atoms with Gasteiger partial charge in [-0.1, -0.05) is 28.1 Å². The molecule has 0 atom stereocenters. The number of methoxy groups -OCH3 is 1. The van der Waals surface area contributed by atoms with Gasteiger partial charge in [0.1, 0.15) is 5.75 Å². The number of carbonyl (C=O) groups is 1. The van der Waals surface area contributed by atoms with Crippen molar-refractivity contribution in [2.24, 2.45) is 0 Å². The van der Waals surface area contributed by atoms with Gasteiger partial charge in [0.25, 0.3) is 0 Å². The zero-order valence-corrected chi connectivity index (χ0v) is 17.8. The maximum atomic E-state index is 12.9. The number of halogens is 1. The lowest BCUT2D eigenvalue weighted by Crippen LogP contribution is -2.40. The molecule has 0 aromatic heterocycles. The van der Waals surface area contributed by atoms with Crippen LogP contribution in [0.25, 0.3) is 0 Å². The third-order valence-corrected chi connectivity index (χ3v) is 6.69. The number of nitrogens with zero attached hydrogens (tertiary/aromatic N) is 1. The van der Waals surface area contributed by atoms with Crippen LogP contribution < -0.4 is 10.1 Å². The van der Waals surface area contributed by atoms with Crippen LogP contribution in [0.15, 0.2) is 51.8 Å². The molecular formula is C19H21BrN2O5S. The van der Waals surface area contributed by atoms with Crippen molar-refractivity contribution in [2.75, 3.05) is 38.7 Å². The summed E-state index contributed by atoms with van der Waals surface area (Å²) in [5.41, 5.74) is 1.15. The summed E-state index contributed by atoms with van der Waals surface area (Å²) in [4.78, 5) is 12.6. The Bertz CT molecular complexity index is 959. The molecule has 1 aliphatic heterocycles. The molecule has 9 heteroatoms. The smallest absolute Gasteiger partial charge is 0.243 e. The fraction of sp³-hybridized carbons (Fsp3) is 0.316. The topological polar surface area (TPSA) is 84.9 Å². The molecule has 1 saturated heterocycles. The van der Waals surface area contributed by atoms with Crippen LogP contribution in [-0.4, -0.2) is 52.0 Å². The molecule has 0 saturated carbocycles. The highest BCUT2D eigenvalue weighted by Crippen LogP contribution is 2.29. The molecule has 0 spiro atoms. The van der Waals surface area contributed by atoms with E-state index in [1.165, 1.54) is 23.5 Å². The van der Waals surface area contributed by atoms with Crippen molar-refractivity contribution in [2.45, 2.75) is 11.3 Å². The van der Waals surface area contributed by atoms with E-state index in [1.54, 1.807) is 6.07 Å². The van der Waals surface area contributed by atoms with Gasteiger partial charge >= 0.3 is 0 Å². The van der Waals surface area contributed by atoms with Crippen LogP contribution in [0.1, 0.15) is 5.56 Å². The van der Waals surface area contributed by atoms with Gasteiger partial charge in [0, 0.05) is 17.6 Å². The van der Waals surface area contributed by atoms with E-state index < -0.39 is 10.0 Å². The quantitative estimate of drug-likeness (QED) is 0.704. The van der Waals surface area contributed by atoms with Crippen LogP contribution in [0.2, 0.25) is 0 Å². The van der Waals surface area contributed by atoms with Crippen LogP contribution >= 0.6 is 15.9 Å². The van der Waals surface area contributed by atoms with Crippen molar-refractivity contribution in [3.8, 4) is 5.75 Å². The molecule has 1 aliphatic rings. The maximum absolute atomic E-state index is 12.9. The van der Waals surface area contributed by atoms with E-state index in [0.29, 0.717) is 37.7 Å². The van der Waals surface area contributed by atoms with Crippen molar-refractivity contribution in [3.05, 3.63) is 52.5 Å². The number of hydrogen-bond donors (Lipinski definition) is 1. The number of ether oxygens (including phenoxy) is 2. The Kier molecular flexibility index (Phi) is 6.71. The summed E-state index contributed by atoms with van der Waals surface area (Å²) in [6.07, 6.45) is 0.156. The zero-order valence-electron chi connectivity index (χ0n) is 15.4. The third-order valence-electron chi connectivity index (χ3n) is 4.31. The number of morpholine rings is 1. The summed E-state index contributed by atoms with van der Waals surface area (Å²) in [6, 6.07) is 11.9. The number of nitrogens with one attached hydrogen (secondary N) is 1. The Labute approximate surface area is 172 Å². The van der Waals surface area contributed by atoms with Gasteiger partial charge in [-0.05, 0) is 35.9 Å². The van der Waals surface area contributed by atoms with Gasteiger partial charge in [-0.25, -0.2) is 8.42 Å². The lowest BCUT2D eigenvalue weighted by atomic mass is 10.1. The molecule has 7 nitrogen and oxygen atoms in total. The number of benzene rings is 2. The lowest BCUT2D eigenvalue weighted by molar-refractivity contribution is -0.115. The predicted octanol–water partition coefficient (Wildman–Crippen LogP) is 2.66. The second-order valence-electron chi connectivity index (χ2n) is 6.23. The number of carbonyl (C=O) groups excluding carboxylic acids is 1. The van der Waals surface area contributed by atoms with E-state index in [9.17, 15) is 13.2 Å². The first-order chi connectivity index (χ1) is 13.4. The van der Waals surface area contributed by atoms with Gasteiger partial charge in [0.15, 0.2) is 0 Å². The Hall–Kier alpha value is -1.94. The third kappa shape index (κ3) is 4.91. The molecule has 1 amide bonds. The van der Waals surface area contributed by atoms with Gasteiger partial charge in [-0.15, -0.1) is 0 Å². The maximum Gasteiger partial charge on any atom is 0.243 e. The van der Waals surface area contributed by atoms with Gasteiger partial charge in [-0.2, -0.15) is 4.31 Å². The largest absolute Gasteiger partial charge is 0.495 e. The second kappa shape index (κ2) is 9.04. The number of sulfonamides is 1. The zero-order chi connectivity index (χ0) is 20.1. The monoisotopic (exact) mass is 468 g/mol. The summed E-state index contributed by atoms with van der Waals surface area (Å²) >= 11 is 3.38. The van der Waals surface area contributed by atoms with E-state index in [2.05, 4.69) is 21.2 Å². The lowest BCUT2D eigenvalue weighted by Gasteiger charge is -2.26. The van der Waals surface area contributed by atoms with E-state index in [-0.39, 0.29) is 17.2 Å². The van der Waals surface area contributed by atoms with Crippen molar-refractivity contribution >= 4 is 37.5 Å². The van der Waals surface area contributed by atoms with E-state index in [1.807, 2.05) is 24.3 Å².